The Labute approximate surface area is 199 Å². The number of rotatable bonds is 8. The van der Waals surface area contributed by atoms with Crippen molar-refractivity contribution in [2.45, 2.75) is 38.8 Å². The van der Waals surface area contributed by atoms with Gasteiger partial charge in [0.25, 0.3) is 5.91 Å². The number of hydrogen-bond acceptors (Lipinski definition) is 3. The molecule has 1 aliphatic heterocycles. The van der Waals surface area contributed by atoms with Gasteiger partial charge in [0.2, 0.25) is 5.91 Å². The van der Waals surface area contributed by atoms with Crippen LogP contribution in [-0.2, 0) is 22.5 Å². The lowest BCUT2D eigenvalue weighted by molar-refractivity contribution is -0.120. The van der Waals surface area contributed by atoms with Gasteiger partial charge in [0.15, 0.2) is 0 Å². The second kappa shape index (κ2) is 11.1. The summed E-state index contributed by atoms with van der Waals surface area (Å²) in [6.45, 7) is 3.59. The molecule has 1 aliphatic rings. The molecule has 0 bridgehead atoms. The summed E-state index contributed by atoms with van der Waals surface area (Å²) in [5.41, 5.74) is 3.80. The molecule has 3 aromatic rings. The van der Waals surface area contributed by atoms with Crippen LogP contribution in [0.3, 0.4) is 0 Å². The van der Waals surface area contributed by atoms with Gasteiger partial charge in [-0.25, -0.2) is 4.39 Å². The number of amides is 2. The molecule has 5 nitrogen and oxygen atoms in total. The van der Waals surface area contributed by atoms with Gasteiger partial charge in [-0.05, 0) is 61.2 Å². The SMILES string of the molecule is Cc1ccc(CN(C(=O)c2cccc(F)c2)c2cccc(CC(=O)NC[C@H]3CCCO3)c2)cc1. The van der Waals surface area contributed by atoms with Crippen molar-refractivity contribution in [1.82, 2.24) is 5.32 Å². The molecule has 176 valence electrons. The van der Waals surface area contributed by atoms with E-state index < -0.39 is 5.82 Å². The lowest BCUT2D eigenvalue weighted by Crippen LogP contribution is -2.33. The maximum atomic E-state index is 13.8. The van der Waals surface area contributed by atoms with E-state index in [9.17, 15) is 14.0 Å². The van der Waals surface area contributed by atoms with E-state index in [1.54, 1.807) is 11.0 Å². The zero-order valence-corrected chi connectivity index (χ0v) is 19.3. The fraction of sp³-hybridized carbons (Fsp3) is 0.286. The highest BCUT2D eigenvalue weighted by Gasteiger charge is 2.20. The van der Waals surface area contributed by atoms with Gasteiger partial charge in [0, 0.05) is 24.4 Å². The third kappa shape index (κ3) is 6.29. The Morgan fingerprint density at radius 2 is 1.82 bits per heavy atom. The van der Waals surface area contributed by atoms with Crippen LogP contribution in [0.15, 0.2) is 72.8 Å². The molecular weight excluding hydrogens is 431 g/mol. The summed E-state index contributed by atoms with van der Waals surface area (Å²) >= 11 is 0. The number of nitrogens with zero attached hydrogens (tertiary/aromatic N) is 1. The molecule has 2 amide bonds. The highest BCUT2D eigenvalue weighted by molar-refractivity contribution is 6.06. The molecule has 0 aliphatic carbocycles. The summed E-state index contributed by atoms with van der Waals surface area (Å²) in [4.78, 5) is 27.5. The lowest BCUT2D eigenvalue weighted by atomic mass is 10.1. The van der Waals surface area contributed by atoms with Crippen molar-refractivity contribution in [3.8, 4) is 0 Å². The van der Waals surface area contributed by atoms with Gasteiger partial charge in [-0.15, -0.1) is 0 Å². The van der Waals surface area contributed by atoms with Gasteiger partial charge in [0.05, 0.1) is 19.1 Å². The maximum absolute atomic E-state index is 13.8. The normalized spacial score (nSPS) is 15.2. The average molecular weight is 461 g/mol. The lowest BCUT2D eigenvalue weighted by Gasteiger charge is -2.24. The van der Waals surface area contributed by atoms with E-state index in [-0.39, 0.29) is 29.9 Å². The topological polar surface area (TPSA) is 58.6 Å². The van der Waals surface area contributed by atoms with Crippen LogP contribution in [0.25, 0.3) is 0 Å². The van der Waals surface area contributed by atoms with Crippen molar-refractivity contribution in [3.63, 3.8) is 0 Å². The number of hydrogen-bond donors (Lipinski definition) is 1. The molecule has 0 aromatic heterocycles. The van der Waals surface area contributed by atoms with Crippen molar-refractivity contribution < 1.29 is 18.7 Å². The maximum Gasteiger partial charge on any atom is 0.258 e. The fourth-order valence-corrected chi connectivity index (χ4v) is 4.05. The van der Waals surface area contributed by atoms with E-state index in [1.807, 2.05) is 55.5 Å². The average Bonchev–Trinajstić information content (AvgIpc) is 3.36. The number of ether oxygens (including phenoxy) is 1. The Kier molecular flexibility index (Phi) is 7.70. The first-order valence-corrected chi connectivity index (χ1v) is 11.6. The minimum Gasteiger partial charge on any atom is -0.376 e. The predicted molar refractivity (Wildman–Crippen MR) is 130 cm³/mol. The summed E-state index contributed by atoms with van der Waals surface area (Å²) in [5.74, 6) is -0.855. The van der Waals surface area contributed by atoms with Crippen LogP contribution in [-0.4, -0.2) is 31.1 Å². The summed E-state index contributed by atoms with van der Waals surface area (Å²) in [7, 11) is 0. The molecule has 6 heteroatoms. The van der Waals surface area contributed by atoms with Crippen LogP contribution in [0.2, 0.25) is 0 Å². The Balaban J connectivity index is 1.54. The van der Waals surface area contributed by atoms with Gasteiger partial charge in [-0.1, -0.05) is 48.0 Å². The highest BCUT2D eigenvalue weighted by atomic mass is 19.1. The van der Waals surface area contributed by atoms with Crippen molar-refractivity contribution in [2.75, 3.05) is 18.1 Å². The first-order valence-electron chi connectivity index (χ1n) is 11.6. The number of halogens is 1. The van der Waals surface area contributed by atoms with E-state index in [0.29, 0.717) is 18.8 Å². The van der Waals surface area contributed by atoms with Gasteiger partial charge in [0.1, 0.15) is 5.82 Å². The number of nitrogens with one attached hydrogen (secondary N) is 1. The van der Waals surface area contributed by atoms with Crippen LogP contribution in [0, 0.1) is 12.7 Å². The van der Waals surface area contributed by atoms with E-state index >= 15 is 0 Å². The minimum atomic E-state index is -0.460. The van der Waals surface area contributed by atoms with Gasteiger partial charge in [-0.3, -0.25) is 9.59 Å². The van der Waals surface area contributed by atoms with Gasteiger partial charge in [-0.2, -0.15) is 0 Å². The Morgan fingerprint density at radius 3 is 2.56 bits per heavy atom. The second-order valence-electron chi connectivity index (χ2n) is 8.67. The van der Waals surface area contributed by atoms with E-state index in [0.717, 1.165) is 36.1 Å². The minimum absolute atomic E-state index is 0.0872. The van der Waals surface area contributed by atoms with Crippen LogP contribution in [0.5, 0.6) is 0 Å². The summed E-state index contributed by atoms with van der Waals surface area (Å²) in [6.07, 6.45) is 2.28. The van der Waals surface area contributed by atoms with E-state index in [4.69, 9.17) is 4.74 Å². The molecule has 1 atom stereocenters. The third-order valence-corrected chi connectivity index (χ3v) is 5.92. The molecule has 0 saturated carbocycles. The second-order valence-corrected chi connectivity index (χ2v) is 8.67. The number of anilines is 1. The molecule has 1 fully saturated rings. The summed E-state index contributed by atoms with van der Waals surface area (Å²) < 4.78 is 19.4. The Hall–Kier alpha value is -3.51. The summed E-state index contributed by atoms with van der Waals surface area (Å²) in [6, 6.07) is 21.0. The zero-order chi connectivity index (χ0) is 23.9. The molecular formula is C28H29FN2O3. The first-order chi connectivity index (χ1) is 16.5. The van der Waals surface area contributed by atoms with Crippen LogP contribution >= 0.6 is 0 Å². The standard InChI is InChI=1S/C28H29FN2O3/c1-20-10-12-21(13-11-20)19-31(28(33)23-6-3-7-24(29)17-23)25-8-2-5-22(15-25)16-27(32)30-18-26-9-4-14-34-26/h2-3,5-8,10-13,15,17,26H,4,9,14,16,18-19H2,1H3,(H,30,32)/t26-/m1/s1. The van der Waals surface area contributed by atoms with E-state index in [1.165, 1.54) is 18.2 Å². The smallest absolute Gasteiger partial charge is 0.258 e. The fourth-order valence-electron chi connectivity index (χ4n) is 4.05. The first kappa shape index (κ1) is 23.6. The number of carbonyl (C=O) groups is 2. The summed E-state index contributed by atoms with van der Waals surface area (Å²) in [5, 5.41) is 2.94. The number of carbonyl (C=O) groups excluding carboxylic acids is 2. The molecule has 4 rings (SSSR count). The quantitative estimate of drug-likeness (QED) is 0.524. The van der Waals surface area contributed by atoms with Crippen LogP contribution < -0.4 is 10.2 Å². The van der Waals surface area contributed by atoms with Gasteiger partial charge >= 0.3 is 0 Å². The molecule has 1 saturated heterocycles. The predicted octanol–water partition coefficient (Wildman–Crippen LogP) is 4.82. The van der Waals surface area contributed by atoms with Crippen LogP contribution in [0.4, 0.5) is 10.1 Å². The molecule has 0 spiro atoms. The van der Waals surface area contributed by atoms with Gasteiger partial charge < -0.3 is 15.0 Å². The van der Waals surface area contributed by atoms with Crippen molar-refractivity contribution >= 4 is 17.5 Å². The Bertz CT molecular complexity index is 1140. The number of aryl methyl sites for hydroxylation is 1. The van der Waals surface area contributed by atoms with E-state index in [2.05, 4.69) is 5.32 Å². The molecule has 0 radical (unpaired) electrons. The van der Waals surface area contributed by atoms with Crippen molar-refractivity contribution in [1.29, 1.82) is 0 Å². The molecule has 34 heavy (non-hydrogen) atoms. The molecule has 1 N–H and O–H groups in total. The number of benzene rings is 3. The molecule has 0 unspecified atom stereocenters. The van der Waals surface area contributed by atoms with Crippen molar-refractivity contribution in [3.05, 3.63) is 101 Å². The van der Waals surface area contributed by atoms with Crippen LogP contribution in [0.1, 0.15) is 39.9 Å². The third-order valence-electron chi connectivity index (χ3n) is 5.92. The molecule has 3 aromatic carbocycles. The monoisotopic (exact) mass is 460 g/mol. The highest BCUT2D eigenvalue weighted by Crippen LogP contribution is 2.23. The van der Waals surface area contributed by atoms with Crippen molar-refractivity contribution in [2.24, 2.45) is 0 Å². The Morgan fingerprint density at radius 1 is 1.03 bits per heavy atom. The largest absolute Gasteiger partial charge is 0.376 e. The molecule has 1 heterocycles. The zero-order valence-electron chi connectivity index (χ0n) is 19.3.